The predicted molar refractivity (Wildman–Crippen MR) is 50.3 cm³/mol. The molecule has 1 rings (SSSR count). The monoisotopic (exact) mass is 182 g/mol. The maximum Gasteiger partial charge on any atom is 0.248 e. The van der Waals surface area contributed by atoms with Crippen LogP contribution >= 0.6 is 11.3 Å². The minimum absolute atomic E-state index is 0.107. The fraction of sp³-hybridized carbons (Fsp3) is 0.250. The number of hydrogen-bond acceptors (Lipinski definition) is 3. The van der Waals surface area contributed by atoms with E-state index in [2.05, 4.69) is 10.3 Å². The van der Waals surface area contributed by atoms with E-state index >= 15 is 0 Å². The van der Waals surface area contributed by atoms with Gasteiger partial charge in [-0.25, -0.2) is 4.98 Å². The van der Waals surface area contributed by atoms with Crippen LogP contribution in [0, 0.1) is 6.92 Å². The Kier molecular flexibility index (Phi) is 2.99. The number of thiazole rings is 1. The van der Waals surface area contributed by atoms with Crippen molar-refractivity contribution in [1.29, 1.82) is 0 Å². The SMILES string of the molecule is C/C=C/C(=O)Nc1scnc1C. The van der Waals surface area contributed by atoms with Gasteiger partial charge in [-0.2, -0.15) is 0 Å². The van der Waals surface area contributed by atoms with Crippen LogP contribution in [0.2, 0.25) is 0 Å². The molecule has 0 fully saturated rings. The largest absolute Gasteiger partial charge is 0.313 e. The minimum atomic E-state index is -0.107. The molecule has 0 saturated carbocycles. The average molecular weight is 182 g/mol. The maximum absolute atomic E-state index is 11.0. The van der Waals surface area contributed by atoms with Crippen LogP contribution in [0.3, 0.4) is 0 Å². The van der Waals surface area contributed by atoms with Gasteiger partial charge in [0.15, 0.2) is 0 Å². The maximum atomic E-state index is 11.0. The zero-order valence-corrected chi connectivity index (χ0v) is 7.81. The molecule has 0 aliphatic rings. The molecule has 0 aromatic carbocycles. The highest BCUT2D eigenvalue weighted by Gasteiger charge is 2.02. The summed E-state index contributed by atoms with van der Waals surface area (Å²) < 4.78 is 0. The lowest BCUT2D eigenvalue weighted by Crippen LogP contribution is -2.07. The first-order valence-electron chi connectivity index (χ1n) is 3.58. The van der Waals surface area contributed by atoms with Crippen LogP contribution < -0.4 is 5.32 Å². The van der Waals surface area contributed by atoms with Crippen molar-refractivity contribution in [2.45, 2.75) is 13.8 Å². The zero-order chi connectivity index (χ0) is 8.97. The molecule has 1 aromatic heterocycles. The Balaban J connectivity index is 2.64. The second-order valence-electron chi connectivity index (χ2n) is 2.26. The topological polar surface area (TPSA) is 42.0 Å². The first kappa shape index (κ1) is 8.93. The number of nitrogens with one attached hydrogen (secondary N) is 1. The Hall–Kier alpha value is -1.16. The van der Waals surface area contributed by atoms with Gasteiger partial charge >= 0.3 is 0 Å². The van der Waals surface area contributed by atoms with Crippen molar-refractivity contribution in [2.24, 2.45) is 0 Å². The van der Waals surface area contributed by atoms with Crippen molar-refractivity contribution >= 4 is 22.2 Å². The minimum Gasteiger partial charge on any atom is -0.313 e. The number of rotatable bonds is 2. The van der Waals surface area contributed by atoms with Gasteiger partial charge in [0.2, 0.25) is 5.91 Å². The molecule has 1 amide bonds. The van der Waals surface area contributed by atoms with E-state index < -0.39 is 0 Å². The summed E-state index contributed by atoms with van der Waals surface area (Å²) in [7, 11) is 0. The second kappa shape index (κ2) is 4.01. The van der Waals surface area contributed by atoms with E-state index in [-0.39, 0.29) is 5.91 Å². The molecular formula is C8H10N2OS. The molecule has 0 radical (unpaired) electrons. The van der Waals surface area contributed by atoms with Gasteiger partial charge in [0.1, 0.15) is 5.00 Å². The molecule has 0 unspecified atom stereocenters. The molecule has 0 atom stereocenters. The van der Waals surface area contributed by atoms with Gasteiger partial charge in [0.05, 0.1) is 11.2 Å². The zero-order valence-electron chi connectivity index (χ0n) is 7.00. The van der Waals surface area contributed by atoms with Gasteiger partial charge in [0.25, 0.3) is 0 Å². The lowest BCUT2D eigenvalue weighted by molar-refractivity contribution is -0.111. The second-order valence-corrected chi connectivity index (χ2v) is 3.11. The smallest absolute Gasteiger partial charge is 0.248 e. The molecule has 0 aliphatic carbocycles. The van der Waals surface area contributed by atoms with Gasteiger partial charge in [-0.1, -0.05) is 6.08 Å². The summed E-state index contributed by atoms with van der Waals surface area (Å²) in [6.07, 6.45) is 3.19. The lowest BCUT2D eigenvalue weighted by Gasteiger charge is -1.97. The van der Waals surface area contributed by atoms with Crippen LogP contribution in [0.5, 0.6) is 0 Å². The molecule has 0 spiro atoms. The lowest BCUT2D eigenvalue weighted by atomic mass is 10.4. The number of carbonyl (C=O) groups excluding carboxylic acids is 1. The van der Waals surface area contributed by atoms with Crippen molar-refractivity contribution < 1.29 is 4.79 Å². The highest BCUT2D eigenvalue weighted by Crippen LogP contribution is 2.18. The van der Waals surface area contributed by atoms with Crippen LogP contribution in [-0.4, -0.2) is 10.9 Å². The molecule has 12 heavy (non-hydrogen) atoms. The van der Waals surface area contributed by atoms with Crippen LogP contribution in [-0.2, 0) is 4.79 Å². The molecule has 0 bridgehead atoms. The molecule has 3 nitrogen and oxygen atoms in total. The van der Waals surface area contributed by atoms with Crippen LogP contribution in [0.25, 0.3) is 0 Å². The van der Waals surface area contributed by atoms with E-state index in [0.717, 1.165) is 10.7 Å². The first-order chi connectivity index (χ1) is 5.74. The number of nitrogens with zero attached hydrogens (tertiary/aromatic N) is 1. The van der Waals surface area contributed by atoms with Gasteiger partial charge in [-0.3, -0.25) is 4.79 Å². The Bertz CT molecular complexity index is 304. The highest BCUT2D eigenvalue weighted by atomic mass is 32.1. The van der Waals surface area contributed by atoms with Crippen molar-refractivity contribution in [1.82, 2.24) is 4.98 Å². The van der Waals surface area contributed by atoms with E-state index in [1.165, 1.54) is 17.4 Å². The number of allylic oxidation sites excluding steroid dienone is 1. The summed E-state index contributed by atoms with van der Waals surface area (Å²) in [6, 6.07) is 0. The number of aryl methyl sites for hydroxylation is 1. The number of hydrogen-bond donors (Lipinski definition) is 1. The third-order valence-electron chi connectivity index (χ3n) is 1.30. The van der Waals surface area contributed by atoms with Crippen LogP contribution in [0.15, 0.2) is 17.7 Å². The third-order valence-corrected chi connectivity index (χ3v) is 2.14. The molecule has 1 N–H and O–H groups in total. The van der Waals surface area contributed by atoms with Gasteiger partial charge in [0, 0.05) is 0 Å². The average Bonchev–Trinajstić information content (AvgIpc) is 2.37. The fourth-order valence-electron chi connectivity index (χ4n) is 0.727. The van der Waals surface area contributed by atoms with E-state index in [4.69, 9.17) is 0 Å². The van der Waals surface area contributed by atoms with Gasteiger partial charge in [-0.15, -0.1) is 11.3 Å². The first-order valence-corrected chi connectivity index (χ1v) is 4.45. The summed E-state index contributed by atoms with van der Waals surface area (Å²) in [5.74, 6) is -0.107. The number of aromatic nitrogens is 1. The Morgan fingerprint density at radius 3 is 3.00 bits per heavy atom. The Morgan fingerprint density at radius 2 is 2.50 bits per heavy atom. The van der Waals surface area contributed by atoms with Crippen molar-refractivity contribution in [2.75, 3.05) is 5.32 Å². The summed E-state index contributed by atoms with van der Waals surface area (Å²) in [6.45, 7) is 3.67. The van der Waals surface area contributed by atoms with Crippen LogP contribution in [0.4, 0.5) is 5.00 Å². The highest BCUT2D eigenvalue weighted by molar-refractivity contribution is 7.14. The molecule has 64 valence electrons. The number of anilines is 1. The van der Waals surface area contributed by atoms with Gasteiger partial charge in [-0.05, 0) is 19.9 Å². The summed E-state index contributed by atoms with van der Waals surface area (Å²) in [5.41, 5.74) is 2.57. The van der Waals surface area contributed by atoms with E-state index in [1.807, 2.05) is 6.92 Å². The number of amides is 1. The summed E-state index contributed by atoms with van der Waals surface area (Å²) in [4.78, 5) is 15.1. The number of carbonyl (C=O) groups is 1. The summed E-state index contributed by atoms with van der Waals surface area (Å²) >= 11 is 1.43. The van der Waals surface area contributed by atoms with Crippen molar-refractivity contribution in [3.63, 3.8) is 0 Å². The molecule has 1 heterocycles. The summed E-state index contributed by atoms with van der Waals surface area (Å²) in [5, 5.41) is 3.54. The molecule has 1 aromatic rings. The normalized spacial score (nSPS) is 10.5. The quantitative estimate of drug-likeness (QED) is 0.710. The van der Waals surface area contributed by atoms with Gasteiger partial charge < -0.3 is 5.32 Å². The Morgan fingerprint density at radius 1 is 1.75 bits per heavy atom. The van der Waals surface area contributed by atoms with Crippen LogP contribution in [0.1, 0.15) is 12.6 Å². The Labute approximate surface area is 75.1 Å². The molecule has 0 saturated heterocycles. The molecule has 4 heteroatoms. The van der Waals surface area contributed by atoms with Crippen molar-refractivity contribution in [3.8, 4) is 0 Å². The molecule has 0 aliphatic heterocycles. The van der Waals surface area contributed by atoms with E-state index in [1.54, 1.807) is 18.5 Å². The van der Waals surface area contributed by atoms with E-state index in [9.17, 15) is 4.79 Å². The van der Waals surface area contributed by atoms with Crippen molar-refractivity contribution in [3.05, 3.63) is 23.4 Å². The molecular weight excluding hydrogens is 172 g/mol. The predicted octanol–water partition coefficient (Wildman–Crippen LogP) is 1.97. The fourth-order valence-corrected chi connectivity index (χ4v) is 1.43. The standard InChI is InChI=1S/C8H10N2OS/c1-3-4-7(11)10-8-6(2)9-5-12-8/h3-5H,1-2H3,(H,10,11)/b4-3+. The third kappa shape index (κ3) is 2.17. The van der Waals surface area contributed by atoms with E-state index in [0.29, 0.717) is 0 Å².